The van der Waals surface area contributed by atoms with E-state index in [9.17, 15) is 0 Å². The first-order valence-electron chi connectivity index (χ1n) is 23.3. The Labute approximate surface area is 395 Å². The average molecular weight is 866 g/mol. The lowest BCUT2D eigenvalue weighted by atomic mass is 9.93. The third-order valence-electron chi connectivity index (χ3n) is 13.7. The highest BCUT2D eigenvalue weighted by atomic mass is 16.3. The van der Waals surface area contributed by atoms with E-state index in [2.05, 4.69) is 260 Å². The van der Waals surface area contributed by atoms with Gasteiger partial charge in [0, 0.05) is 33.6 Å². The van der Waals surface area contributed by atoms with E-state index in [0.717, 1.165) is 61.6 Å². The molecule has 13 rings (SSSR count). The van der Waals surface area contributed by atoms with Gasteiger partial charge in [0.05, 0.1) is 0 Å². The Bertz CT molecular complexity index is 3830. The van der Waals surface area contributed by atoms with Crippen molar-refractivity contribution in [1.82, 2.24) is 0 Å². The number of nitrogens with zero attached hydrogens (tertiary/aromatic N) is 1. The van der Waals surface area contributed by atoms with E-state index < -0.39 is 0 Å². The predicted molar refractivity (Wildman–Crippen MR) is 288 cm³/mol. The number of anilines is 3. The fourth-order valence-electron chi connectivity index (χ4n) is 10.4. The molecule has 68 heavy (non-hydrogen) atoms. The molecule has 2 nitrogen and oxygen atoms in total. The molecule has 0 saturated carbocycles. The van der Waals surface area contributed by atoms with Gasteiger partial charge >= 0.3 is 0 Å². The molecule has 0 atom stereocenters. The highest BCUT2D eigenvalue weighted by Crippen LogP contribution is 2.44. The first-order chi connectivity index (χ1) is 33.7. The summed E-state index contributed by atoms with van der Waals surface area (Å²) in [5, 5.41) is 11.2. The van der Waals surface area contributed by atoms with Gasteiger partial charge in [0.2, 0.25) is 0 Å². The molecule has 0 amide bonds. The zero-order valence-electron chi connectivity index (χ0n) is 37.2. The van der Waals surface area contributed by atoms with Crippen molar-refractivity contribution in [3.63, 3.8) is 0 Å². The van der Waals surface area contributed by atoms with Crippen LogP contribution in [0.25, 0.3) is 110 Å². The summed E-state index contributed by atoms with van der Waals surface area (Å²) in [7, 11) is 0. The number of para-hydroxylation sites is 1. The van der Waals surface area contributed by atoms with Crippen molar-refractivity contribution in [1.29, 1.82) is 0 Å². The van der Waals surface area contributed by atoms with E-state index in [1.807, 2.05) is 6.07 Å². The normalized spacial score (nSPS) is 11.5. The van der Waals surface area contributed by atoms with Crippen LogP contribution in [0.15, 0.2) is 265 Å². The number of furan rings is 1. The molecule has 0 saturated heterocycles. The third kappa shape index (κ3) is 6.82. The van der Waals surface area contributed by atoms with Gasteiger partial charge in [-0.1, -0.05) is 200 Å². The minimum Gasteiger partial charge on any atom is -0.455 e. The van der Waals surface area contributed by atoms with Crippen LogP contribution in [0, 0.1) is 0 Å². The monoisotopic (exact) mass is 865 g/mol. The van der Waals surface area contributed by atoms with Crippen LogP contribution in [0.5, 0.6) is 0 Å². The predicted octanol–water partition coefficient (Wildman–Crippen LogP) is 18.9. The molecule has 1 aromatic heterocycles. The van der Waals surface area contributed by atoms with E-state index >= 15 is 0 Å². The van der Waals surface area contributed by atoms with Gasteiger partial charge < -0.3 is 9.32 Å². The quantitative estimate of drug-likeness (QED) is 0.142. The lowest BCUT2D eigenvalue weighted by molar-refractivity contribution is 0.632. The Morgan fingerprint density at radius 2 is 0.662 bits per heavy atom. The summed E-state index contributed by atoms with van der Waals surface area (Å²) in [4.78, 5) is 2.37. The number of hydrogen-bond acceptors (Lipinski definition) is 2. The van der Waals surface area contributed by atoms with Crippen molar-refractivity contribution in [2.45, 2.75) is 0 Å². The van der Waals surface area contributed by atoms with Crippen LogP contribution in [0.3, 0.4) is 0 Å². The van der Waals surface area contributed by atoms with E-state index in [1.54, 1.807) is 0 Å². The van der Waals surface area contributed by atoms with Crippen LogP contribution in [-0.2, 0) is 0 Å². The molecular weight excluding hydrogens is 823 g/mol. The zero-order valence-corrected chi connectivity index (χ0v) is 37.2. The summed E-state index contributed by atoms with van der Waals surface area (Å²) in [6.07, 6.45) is 0. The number of benzene rings is 12. The van der Waals surface area contributed by atoms with Crippen LogP contribution in [-0.4, -0.2) is 0 Å². The topological polar surface area (TPSA) is 16.4 Å². The standard InChI is InChI=1S/C66H43NO/c1-2-15-47(16-3-1)65-61-27-12-13-28-64(61)68-66(65)51-20-14-19-48(41-51)44-29-35-52(36-30-44)67(53-37-31-45(32-38-53)62-42-49-17-4-6-21-55(49)57-23-8-10-25-59(57)62)54-39-33-46(34-40-54)63-43-50-18-5-7-22-56(50)58-24-9-11-26-60(58)63/h1-43H. The molecule has 0 N–H and O–H groups in total. The largest absolute Gasteiger partial charge is 0.455 e. The van der Waals surface area contributed by atoms with Gasteiger partial charge in [-0.3, -0.25) is 0 Å². The Morgan fingerprint density at radius 3 is 1.21 bits per heavy atom. The third-order valence-corrected chi connectivity index (χ3v) is 13.7. The summed E-state index contributed by atoms with van der Waals surface area (Å²) >= 11 is 0. The maximum atomic E-state index is 6.63. The second-order valence-corrected chi connectivity index (χ2v) is 17.6. The lowest BCUT2D eigenvalue weighted by Crippen LogP contribution is -2.09. The molecular formula is C66H43NO. The van der Waals surface area contributed by atoms with Crippen LogP contribution < -0.4 is 4.90 Å². The molecule has 13 aromatic rings. The summed E-state index contributed by atoms with van der Waals surface area (Å²) in [5.74, 6) is 0.877. The highest BCUT2D eigenvalue weighted by molar-refractivity contribution is 6.15. The molecule has 12 aromatic carbocycles. The van der Waals surface area contributed by atoms with Gasteiger partial charge in [0.15, 0.2) is 0 Å². The fourth-order valence-corrected chi connectivity index (χ4v) is 10.4. The van der Waals surface area contributed by atoms with Gasteiger partial charge in [0.1, 0.15) is 11.3 Å². The smallest absolute Gasteiger partial charge is 0.143 e. The molecule has 0 radical (unpaired) electrons. The summed E-state index contributed by atoms with van der Waals surface area (Å²) < 4.78 is 6.63. The van der Waals surface area contributed by atoms with Crippen LogP contribution in [0.1, 0.15) is 0 Å². The Kier molecular flexibility index (Phi) is 9.54. The van der Waals surface area contributed by atoms with E-state index in [-0.39, 0.29) is 0 Å². The van der Waals surface area contributed by atoms with Crippen molar-refractivity contribution in [2.75, 3.05) is 4.90 Å². The fraction of sp³-hybridized carbons (Fsp3) is 0. The second-order valence-electron chi connectivity index (χ2n) is 17.6. The van der Waals surface area contributed by atoms with Crippen LogP contribution in [0.4, 0.5) is 17.1 Å². The van der Waals surface area contributed by atoms with Gasteiger partial charge in [-0.05, 0) is 143 Å². The summed E-state index contributed by atoms with van der Waals surface area (Å²) in [6.45, 7) is 0. The van der Waals surface area contributed by atoms with Gasteiger partial charge in [-0.2, -0.15) is 0 Å². The zero-order chi connectivity index (χ0) is 45.0. The summed E-state index contributed by atoms with van der Waals surface area (Å²) in [5.41, 5.74) is 14.5. The van der Waals surface area contributed by atoms with E-state index in [1.165, 1.54) is 65.3 Å². The van der Waals surface area contributed by atoms with Crippen molar-refractivity contribution in [3.8, 4) is 55.8 Å². The first kappa shape index (κ1) is 39.4. The van der Waals surface area contributed by atoms with Crippen LogP contribution >= 0.6 is 0 Å². The maximum Gasteiger partial charge on any atom is 0.143 e. The van der Waals surface area contributed by atoms with Gasteiger partial charge in [-0.15, -0.1) is 0 Å². The van der Waals surface area contributed by atoms with Gasteiger partial charge in [0.25, 0.3) is 0 Å². The molecule has 1 heterocycles. The summed E-state index contributed by atoms with van der Waals surface area (Å²) in [6, 6.07) is 94.3. The van der Waals surface area contributed by atoms with Crippen molar-refractivity contribution < 1.29 is 4.42 Å². The molecule has 0 unspecified atom stereocenters. The molecule has 0 fully saturated rings. The molecule has 0 spiro atoms. The Morgan fingerprint density at radius 1 is 0.250 bits per heavy atom. The van der Waals surface area contributed by atoms with E-state index in [4.69, 9.17) is 4.42 Å². The number of rotatable bonds is 8. The van der Waals surface area contributed by atoms with Crippen molar-refractivity contribution in [2.24, 2.45) is 0 Å². The molecule has 0 bridgehead atoms. The molecule has 318 valence electrons. The second kappa shape index (κ2) is 16.5. The van der Waals surface area contributed by atoms with E-state index in [0.29, 0.717) is 0 Å². The highest BCUT2D eigenvalue weighted by Gasteiger charge is 2.19. The molecule has 0 aliphatic heterocycles. The molecule has 0 aliphatic carbocycles. The number of hydrogen-bond donors (Lipinski definition) is 0. The van der Waals surface area contributed by atoms with Crippen molar-refractivity contribution in [3.05, 3.63) is 261 Å². The first-order valence-corrected chi connectivity index (χ1v) is 23.3. The minimum absolute atomic E-state index is 0.877. The maximum absolute atomic E-state index is 6.63. The lowest BCUT2D eigenvalue weighted by Gasteiger charge is -2.26. The minimum atomic E-state index is 0.877. The number of fused-ring (bicyclic) bond motifs is 7. The SMILES string of the molecule is c1ccc(-c2c(-c3cccc(-c4ccc(N(c5ccc(-c6cc7ccccc7c7ccccc67)cc5)c5ccc(-c6cc7ccccc7c7ccccc67)cc5)cc4)c3)oc3ccccc23)cc1. The Hall–Kier alpha value is -8.98. The molecule has 2 heteroatoms. The Balaban J connectivity index is 0.901. The molecule has 0 aliphatic rings. The van der Waals surface area contributed by atoms with Crippen molar-refractivity contribution >= 4 is 71.1 Å². The van der Waals surface area contributed by atoms with Gasteiger partial charge in [-0.25, -0.2) is 0 Å². The average Bonchev–Trinajstić information content (AvgIpc) is 3.81. The van der Waals surface area contributed by atoms with Crippen LogP contribution in [0.2, 0.25) is 0 Å².